The summed E-state index contributed by atoms with van der Waals surface area (Å²) in [6, 6.07) is 19.6. The van der Waals surface area contributed by atoms with E-state index in [0.29, 0.717) is 6.42 Å². The Hall–Kier alpha value is -0.690. The van der Waals surface area contributed by atoms with Crippen LogP contribution in [0.2, 0.25) is 0 Å². The predicted molar refractivity (Wildman–Crippen MR) is 115 cm³/mol. The molecule has 0 heterocycles. The van der Waals surface area contributed by atoms with Crippen molar-refractivity contribution < 1.29 is 8.42 Å². The maximum atomic E-state index is 12.8. The van der Waals surface area contributed by atoms with Crippen LogP contribution in [0.15, 0.2) is 65.6 Å². The molecular weight excluding hydrogens is 532 g/mol. The maximum absolute atomic E-state index is 12.8. The van der Waals surface area contributed by atoms with Gasteiger partial charge in [0.05, 0.1) is 4.90 Å². The maximum Gasteiger partial charge on any atom is 0.239 e. The van der Waals surface area contributed by atoms with E-state index in [9.17, 15) is 8.42 Å². The lowest BCUT2D eigenvalue weighted by molar-refractivity contribution is 0.599. The van der Waals surface area contributed by atoms with Crippen LogP contribution < -0.4 is 0 Å². The zero-order valence-electron chi connectivity index (χ0n) is 13.3. The molecule has 0 bridgehead atoms. The van der Waals surface area contributed by atoms with Crippen LogP contribution in [0.25, 0.3) is 10.8 Å². The molecular formula is C19H15Br3O2S. The zero-order chi connectivity index (χ0) is 18.2. The number of halogens is 3. The standard InChI is InChI=1S/C19H15Br3O2S/c1-13-6-8-14(9-7-13)10-16-12-17(25(23,24)19(20,21)22)11-15-4-2-3-5-18(15)16/h2-9,11-12H,10H2,1H3. The molecule has 130 valence electrons. The number of rotatable bonds is 3. The molecule has 0 aliphatic heterocycles. The van der Waals surface area contributed by atoms with Crippen molar-refractivity contribution in [3.05, 3.63) is 77.4 Å². The lowest BCUT2D eigenvalue weighted by Crippen LogP contribution is -2.18. The number of hydrogen-bond acceptors (Lipinski definition) is 2. The Balaban J connectivity index is 2.18. The molecule has 0 aromatic heterocycles. The summed E-state index contributed by atoms with van der Waals surface area (Å²) in [5.41, 5.74) is 3.33. The van der Waals surface area contributed by atoms with Crippen LogP contribution in [-0.2, 0) is 16.3 Å². The molecule has 3 aromatic rings. The summed E-state index contributed by atoms with van der Waals surface area (Å²) in [5, 5.41) is 1.97. The quantitative estimate of drug-likeness (QED) is 0.361. The lowest BCUT2D eigenvalue weighted by atomic mass is 9.98. The summed E-state index contributed by atoms with van der Waals surface area (Å²) in [6.07, 6.45) is 0.671. The minimum absolute atomic E-state index is 0.263. The van der Waals surface area contributed by atoms with E-state index in [0.717, 1.165) is 21.9 Å². The highest BCUT2D eigenvalue weighted by Gasteiger charge is 2.37. The predicted octanol–water partition coefficient (Wildman–Crippen LogP) is 6.31. The Morgan fingerprint density at radius 1 is 0.920 bits per heavy atom. The van der Waals surface area contributed by atoms with Gasteiger partial charge in [-0.3, -0.25) is 0 Å². The molecule has 0 saturated heterocycles. The van der Waals surface area contributed by atoms with Crippen molar-refractivity contribution in [1.82, 2.24) is 0 Å². The minimum atomic E-state index is -3.64. The van der Waals surface area contributed by atoms with Crippen molar-refractivity contribution in [3.8, 4) is 0 Å². The average molecular weight is 547 g/mol. The van der Waals surface area contributed by atoms with Gasteiger partial charge in [-0.15, -0.1) is 0 Å². The molecule has 0 aliphatic carbocycles. The monoisotopic (exact) mass is 544 g/mol. The van der Waals surface area contributed by atoms with Crippen molar-refractivity contribution in [2.75, 3.05) is 0 Å². The van der Waals surface area contributed by atoms with Gasteiger partial charge in [-0.1, -0.05) is 54.1 Å². The average Bonchev–Trinajstić information content (AvgIpc) is 2.55. The third-order valence-corrected chi connectivity index (χ3v) is 9.35. The molecule has 0 atom stereocenters. The van der Waals surface area contributed by atoms with Crippen LogP contribution in [0.5, 0.6) is 0 Å². The van der Waals surface area contributed by atoms with Gasteiger partial charge >= 0.3 is 0 Å². The van der Waals surface area contributed by atoms with E-state index in [1.54, 1.807) is 12.1 Å². The van der Waals surface area contributed by atoms with E-state index < -0.39 is 11.3 Å². The molecule has 0 aliphatic rings. The van der Waals surface area contributed by atoms with Crippen LogP contribution in [0, 0.1) is 6.92 Å². The molecule has 0 amide bonds. The van der Waals surface area contributed by atoms with E-state index in [4.69, 9.17) is 0 Å². The van der Waals surface area contributed by atoms with Gasteiger partial charge in [0, 0.05) is 0 Å². The fourth-order valence-electron chi connectivity index (χ4n) is 2.72. The molecule has 0 fully saturated rings. The minimum Gasteiger partial charge on any atom is -0.220 e. The summed E-state index contributed by atoms with van der Waals surface area (Å²) >= 11 is 9.44. The van der Waals surface area contributed by atoms with Gasteiger partial charge in [0.15, 0.2) is 0 Å². The molecule has 2 nitrogen and oxygen atoms in total. The van der Waals surface area contributed by atoms with E-state index in [-0.39, 0.29) is 4.90 Å². The number of sulfone groups is 1. The van der Waals surface area contributed by atoms with E-state index >= 15 is 0 Å². The molecule has 3 aromatic carbocycles. The van der Waals surface area contributed by atoms with Crippen molar-refractivity contribution >= 4 is 68.4 Å². The third-order valence-electron chi connectivity index (χ3n) is 4.05. The first kappa shape index (κ1) is 19.1. The molecule has 0 N–H and O–H groups in total. The Morgan fingerprint density at radius 3 is 2.20 bits per heavy atom. The first-order valence-electron chi connectivity index (χ1n) is 7.57. The number of hydrogen-bond donors (Lipinski definition) is 0. The van der Waals surface area contributed by atoms with Crippen molar-refractivity contribution in [2.45, 2.75) is 19.7 Å². The first-order chi connectivity index (χ1) is 11.7. The largest absolute Gasteiger partial charge is 0.239 e. The molecule has 6 heteroatoms. The van der Waals surface area contributed by atoms with Crippen LogP contribution in [0.4, 0.5) is 0 Å². The van der Waals surface area contributed by atoms with Gasteiger partial charge in [0.2, 0.25) is 11.3 Å². The van der Waals surface area contributed by atoms with Crippen molar-refractivity contribution in [1.29, 1.82) is 0 Å². The van der Waals surface area contributed by atoms with Gasteiger partial charge in [0.25, 0.3) is 0 Å². The fraction of sp³-hybridized carbons (Fsp3) is 0.158. The summed E-state index contributed by atoms with van der Waals surface area (Å²) in [5.74, 6) is 0. The first-order valence-corrected chi connectivity index (χ1v) is 11.4. The summed E-state index contributed by atoms with van der Waals surface area (Å²) in [6.45, 7) is 2.05. The SMILES string of the molecule is Cc1ccc(Cc2cc(S(=O)(=O)C(Br)(Br)Br)cc3ccccc23)cc1. The fourth-order valence-corrected chi connectivity index (χ4v) is 5.25. The molecule has 0 unspecified atom stereocenters. The summed E-state index contributed by atoms with van der Waals surface area (Å²) in [4.78, 5) is 0.263. The normalized spacial score (nSPS) is 12.5. The molecule has 0 spiro atoms. The third kappa shape index (κ3) is 4.02. The van der Waals surface area contributed by atoms with Gasteiger partial charge in [-0.05, 0) is 95.2 Å². The Kier molecular flexibility index (Phi) is 5.45. The highest BCUT2D eigenvalue weighted by molar-refractivity contribution is 9.42. The van der Waals surface area contributed by atoms with Gasteiger partial charge in [0.1, 0.15) is 0 Å². The smallest absolute Gasteiger partial charge is 0.220 e. The van der Waals surface area contributed by atoms with Crippen molar-refractivity contribution in [2.24, 2.45) is 0 Å². The second-order valence-electron chi connectivity index (χ2n) is 5.92. The second kappa shape index (κ2) is 7.14. The molecule has 25 heavy (non-hydrogen) atoms. The van der Waals surface area contributed by atoms with Gasteiger partial charge in [-0.25, -0.2) is 8.42 Å². The topological polar surface area (TPSA) is 34.1 Å². The zero-order valence-corrected chi connectivity index (χ0v) is 18.9. The number of aryl methyl sites for hydroxylation is 1. The van der Waals surface area contributed by atoms with Crippen LogP contribution >= 0.6 is 47.8 Å². The van der Waals surface area contributed by atoms with Crippen LogP contribution in [-0.4, -0.2) is 9.89 Å². The number of fused-ring (bicyclic) bond motifs is 1. The van der Waals surface area contributed by atoms with E-state index in [1.807, 2.05) is 31.2 Å². The van der Waals surface area contributed by atoms with Crippen LogP contribution in [0.3, 0.4) is 0 Å². The van der Waals surface area contributed by atoms with Crippen molar-refractivity contribution in [3.63, 3.8) is 0 Å². The highest BCUT2D eigenvalue weighted by Crippen LogP contribution is 2.44. The number of alkyl halides is 3. The van der Waals surface area contributed by atoms with Crippen LogP contribution in [0.1, 0.15) is 16.7 Å². The van der Waals surface area contributed by atoms with E-state index in [1.165, 1.54) is 5.56 Å². The van der Waals surface area contributed by atoms with Gasteiger partial charge in [-0.2, -0.15) is 0 Å². The Bertz CT molecular complexity index is 1020. The molecule has 0 saturated carbocycles. The number of benzene rings is 3. The van der Waals surface area contributed by atoms with Gasteiger partial charge < -0.3 is 0 Å². The molecule has 0 radical (unpaired) electrons. The Morgan fingerprint density at radius 2 is 1.56 bits per heavy atom. The summed E-state index contributed by atoms with van der Waals surface area (Å²) < 4.78 is 24.2. The Labute approximate surface area is 172 Å². The van der Waals surface area contributed by atoms with E-state index in [2.05, 4.69) is 72.1 Å². The summed E-state index contributed by atoms with van der Waals surface area (Å²) in [7, 11) is -3.64. The lowest BCUT2D eigenvalue weighted by Gasteiger charge is -2.16. The second-order valence-corrected chi connectivity index (χ2v) is 16.3. The highest BCUT2D eigenvalue weighted by atomic mass is 80.0. The molecule has 3 rings (SSSR count).